The molecular weight excluding hydrogens is 439 g/mol. The summed E-state index contributed by atoms with van der Waals surface area (Å²) in [5.74, 6) is 0.375. The van der Waals surface area contributed by atoms with Crippen LogP contribution in [0.2, 0.25) is 0 Å². The standard InChI is InChI=1S/C31H37FO3/c1-18(2)23-16-25-28(24(33)17-31(6,7)35-25)26(19-10-14-22(32)15-11-19)27(23)29(34)20-8-12-21(13-9-20)30(3,4)5/h8-16,18,24,29,33-34H,17H2,1-7H3/t24-,29?/m0/s1. The first-order valence-corrected chi connectivity index (χ1v) is 12.4. The van der Waals surface area contributed by atoms with E-state index in [-0.39, 0.29) is 17.2 Å². The first-order valence-electron chi connectivity index (χ1n) is 12.4. The predicted octanol–water partition coefficient (Wildman–Crippen LogP) is 7.59. The highest BCUT2D eigenvalue weighted by atomic mass is 19.1. The van der Waals surface area contributed by atoms with Crippen molar-refractivity contribution in [1.82, 2.24) is 0 Å². The lowest BCUT2D eigenvalue weighted by atomic mass is 9.78. The van der Waals surface area contributed by atoms with Crippen LogP contribution in [0, 0.1) is 5.82 Å². The van der Waals surface area contributed by atoms with E-state index in [9.17, 15) is 14.6 Å². The average Bonchev–Trinajstić information content (AvgIpc) is 2.76. The lowest BCUT2D eigenvalue weighted by molar-refractivity contribution is 0.0117. The molecule has 1 heterocycles. The van der Waals surface area contributed by atoms with Crippen LogP contribution in [-0.4, -0.2) is 15.8 Å². The maximum Gasteiger partial charge on any atom is 0.126 e. The van der Waals surface area contributed by atoms with E-state index in [0.29, 0.717) is 17.7 Å². The summed E-state index contributed by atoms with van der Waals surface area (Å²) in [5, 5.41) is 23.1. The molecule has 0 amide bonds. The molecule has 35 heavy (non-hydrogen) atoms. The fraction of sp³-hybridized carbons (Fsp3) is 0.419. The Bertz CT molecular complexity index is 1200. The summed E-state index contributed by atoms with van der Waals surface area (Å²) in [5.41, 5.74) is 5.24. The Morgan fingerprint density at radius 3 is 2.14 bits per heavy atom. The van der Waals surface area contributed by atoms with Gasteiger partial charge in [-0.25, -0.2) is 4.39 Å². The van der Waals surface area contributed by atoms with E-state index in [1.807, 2.05) is 32.0 Å². The smallest absolute Gasteiger partial charge is 0.126 e. The molecule has 0 spiro atoms. The van der Waals surface area contributed by atoms with Crippen LogP contribution in [0.15, 0.2) is 54.6 Å². The lowest BCUT2D eigenvalue weighted by Gasteiger charge is -2.38. The van der Waals surface area contributed by atoms with Crippen LogP contribution < -0.4 is 4.74 Å². The Kier molecular flexibility index (Phi) is 6.58. The van der Waals surface area contributed by atoms with E-state index in [2.05, 4.69) is 46.8 Å². The van der Waals surface area contributed by atoms with E-state index < -0.39 is 17.8 Å². The van der Waals surface area contributed by atoms with Crippen molar-refractivity contribution in [2.24, 2.45) is 0 Å². The minimum absolute atomic E-state index is 0.00587. The van der Waals surface area contributed by atoms with Crippen molar-refractivity contribution in [3.05, 3.63) is 88.2 Å². The molecule has 4 rings (SSSR count). The van der Waals surface area contributed by atoms with E-state index in [0.717, 1.165) is 27.8 Å². The maximum absolute atomic E-state index is 13.9. The highest BCUT2D eigenvalue weighted by Crippen LogP contribution is 2.50. The second-order valence-corrected chi connectivity index (χ2v) is 11.7. The average molecular weight is 477 g/mol. The summed E-state index contributed by atoms with van der Waals surface area (Å²) in [6.07, 6.45) is -1.27. The number of halogens is 1. The molecule has 2 N–H and O–H groups in total. The van der Waals surface area contributed by atoms with Gasteiger partial charge in [0, 0.05) is 12.0 Å². The fourth-order valence-corrected chi connectivity index (χ4v) is 5.06. The molecule has 0 fully saturated rings. The molecule has 1 unspecified atom stereocenters. The third kappa shape index (κ3) is 5.00. The Morgan fingerprint density at radius 1 is 1.00 bits per heavy atom. The van der Waals surface area contributed by atoms with Gasteiger partial charge in [0.05, 0.1) is 6.10 Å². The van der Waals surface area contributed by atoms with Gasteiger partial charge in [0.1, 0.15) is 23.3 Å². The van der Waals surface area contributed by atoms with Crippen LogP contribution in [-0.2, 0) is 5.41 Å². The summed E-state index contributed by atoms with van der Waals surface area (Å²) in [6, 6.07) is 16.3. The SMILES string of the molecule is CC(C)c1cc2c(c(-c3ccc(F)cc3)c1C(O)c1ccc(C(C)(C)C)cc1)[C@@H](O)CC(C)(C)O2. The van der Waals surface area contributed by atoms with Crippen LogP contribution in [0.4, 0.5) is 4.39 Å². The van der Waals surface area contributed by atoms with E-state index in [4.69, 9.17) is 4.74 Å². The van der Waals surface area contributed by atoms with Crippen molar-refractivity contribution in [3.8, 4) is 16.9 Å². The Labute approximate surface area is 208 Å². The molecule has 0 bridgehead atoms. The van der Waals surface area contributed by atoms with Crippen molar-refractivity contribution >= 4 is 0 Å². The van der Waals surface area contributed by atoms with Gasteiger partial charge in [-0.1, -0.05) is 71.0 Å². The molecule has 3 aromatic rings. The van der Waals surface area contributed by atoms with Gasteiger partial charge in [0.2, 0.25) is 0 Å². The summed E-state index contributed by atoms with van der Waals surface area (Å²) >= 11 is 0. The summed E-state index contributed by atoms with van der Waals surface area (Å²) < 4.78 is 20.2. The molecule has 0 saturated carbocycles. The normalized spacial score (nSPS) is 18.2. The highest BCUT2D eigenvalue weighted by Gasteiger charge is 2.38. The lowest BCUT2D eigenvalue weighted by Crippen LogP contribution is -2.35. The fourth-order valence-electron chi connectivity index (χ4n) is 5.06. The van der Waals surface area contributed by atoms with Gasteiger partial charge in [-0.2, -0.15) is 0 Å². The second kappa shape index (κ2) is 9.07. The van der Waals surface area contributed by atoms with Gasteiger partial charge >= 0.3 is 0 Å². The molecule has 3 nitrogen and oxygen atoms in total. The van der Waals surface area contributed by atoms with E-state index >= 15 is 0 Å². The zero-order chi connectivity index (χ0) is 25.7. The van der Waals surface area contributed by atoms with Crippen molar-refractivity contribution < 1.29 is 19.3 Å². The second-order valence-electron chi connectivity index (χ2n) is 11.7. The molecule has 0 radical (unpaired) electrons. The van der Waals surface area contributed by atoms with Gasteiger partial charge in [-0.3, -0.25) is 0 Å². The molecule has 0 aromatic heterocycles. The Hall–Kier alpha value is -2.69. The van der Waals surface area contributed by atoms with Crippen LogP contribution in [0.5, 0.6) is 5.75 Å². The zero-order valence-corrected chi connectivity index (χ0v) is 21.8. The molecule has 186 valence electrons. The van der Waals surface area contributed by atoms with Crippen LogP contribution in [0.3, 0.4) is 0 Å². The maximum atomic E-state index is 13.9. The zero-order valence-electron chi connectivity index (χ0n) is 21.8. The summed E-state index contributed by atoms with van der Waals surface area (Å²) in [4.78, 5) is 0. The molecule has 3 aromatic carbocycles. The Morgan fingerprint density at radius 2 is 1.60 bits per heavy atom. The number of aliphatic hydroxyl groups is 2. The highest BCUT2D eigenvalue weighted by molar-refractivity contribution is 5.78. The monoisotopic (exact) mass is 476 g/mol. The summed E-state index contributed by atoms with van der Waals surface area (Å²) in [7, 11) is 0. The van der Waals surface area contributed by atoms with Gasteiger partial charge in [-0.05, 0) is 76.8 Å². The minimum Gasteiger partial charge on any atom is -0.487 e. The third-order valence-corrected chi connectivity index (χ3v) is 6.93. The van der Waals surface area contributed by atoms with Crippen LogP contribution in [0.25, 0.3) is 11.1 Å². The molecule has 1 aliphatic heterocycles. The topological polar surface area (TPSA) is 49.7 Å². The van der Waals surface area contributed by atoms with Gasteiger partial charge in [0.25, 0.3) is 0 Å². The molecule has 1 aliphatic rings. The van der Waals surface area contributed by atoms with Crippen molar-refractivity contribution in [3.63, 3.8) is 0 Å². The predicted molar refractivity (Wildman–Crippen MR) is 139 cm³/mol. The Balaban J connectivity index is 2.00. The van der Waals surface area contributed by atoms with Gasteiger partial charge < -0.3 is 14.9 Å². The van der Waals surface area contributed by atoms with Crippen LogP contribution in [0.1, 0.15) is 101 Å². The van der Waals surface area contributed by atoms with Crippen LogP contribution >= 0.6 is 0 Å². The van der Waals surface area contributed by atoms with E-state index in [1.165, 1.54) is 17.7 Å². The van der Waals surface area contributed by atoms with Gasteiger partial charge in [0.15, 0.2) is 0 Å². The summed E-state index contributed by atoms with van der Waals surface area (Å²) in [6.45, 7) is 14.6. The van der Waals surface area contributed by atoms with Crippen molar-refractivity contribution in [2.45, 2.75) is 84.0 Å². The molecule has 0 saturated heterocycles. The van der Waals surface area contributed by atoms with Crippen molar-refractivity contribution in [1.29, 1.82) is 0 Å². The number of ether oxygens (including phenoxy) is 1. The van der Waals surface area contributed by atoms with Gasteiger partial charge in [-0.15, -0.1) is 0 Å². The number of aliphatic hydroxyl groups excluding tert-OH is 2. The first kappa shape index (κ1) is 25.4. The number of benzene rings is 3. The first-order chi connectivity index (χ1) is 16.3. The quantitative estimate of drug-likeness (QED) is 0.408. The van der Waals surface area contributed by atoms with E-state index in [1.54, 1.807) is 12.1 Å². The number of fused-ring (bicyclic) bond motifs is 1. The largest absolute Gasteiger partial charge is 0.487 e. The number of hydrogen-bond donors (Lipinski definition) is 2. The number of hydrogen-bond acceptors (Lipinski definition) is 3. The minimum atomic E-state index is -0.922. The van der Waals surface area contributed by atoms with Crippen molar-refractivity contribution in [2.75, 3.05) is 0 Å². The number of rotatable bonds is 4. The molecule has 4 heteroatoms. The third-order valence-electron chi connectivity index (χ3n) is 6.93. The molecule has 2 atom stereocenters. The molecule has 0 aliphatic carbocycles. The molecular formula is C31H37FO3.